The molecule has 0 radical (unpaired) electrons. The molecule has 2 heterocycles. The van der Waals surface area contributed by atoms with Gasteiger partial charge in [0.05, 0.1) is 21.3 Å². The van der Waals surface area contributed by atoms with Crippen molar-refractivity contribution in [2.75, 3.05) is 34.4 Å². The molecule has 1 aromatic carbocycles. The first-order valence-electron chi connectivity index (χ1n) is 8.54. The number of rotatable bonds is 4. The van der Waals surface area contributed by atoms with Gasteiger partial charge in [0.25, 0.3) is 0 Å². The highest BCUT2D eigenvalue weighted by Gasteiger charge is 2.73. The number of benzene rings is 1. The fraction of sp³-hybridized carbons (Fsp3) is 0.526. The smallest absolute Gasteiger partial charge is 0.326 e. The number of esters is 3. The number of fused-ring (bicyclic) bond motifs is 1. The van der Waals surface area contributed by atoms with Crippen molar-refractivity contribution in [3.05, 3.63) is 35.9 Å². The molecular weight excluding hydrogens is 338 g/mol. The Morgan fingerprint density at radius 3 is 2.08 bits per heavy atom. The van der Waals surface area contributed by atoms with Crippen molar-refractivity contribution >= 4 is 17.9 Å². The lowest BCUT2D eigenvalue weighted by molar-refractivity contribution is -0.170. The van der Waals surface area contributed by atoms with Crippen LogP contribution in [0.4, 0.5) is 0 Å². The Morgan fingerprint density at radius 1 is 0.962 bits per heavy atom. The molecule has 0 N–H and O–H groups in total. The van der Waals surface area contributed by atoms with Gasteiger partial charge in [0, 0.05) is 12.5 Å². The van der Waals surface area contributed by atoms with E-state index in [4.69, 9.17) is 14.2 Å². The number of methoxy groups -OCH3 is 3. The van der Waals surface area contributed by atoms with Gasteiger partial charge in [0.15, 0.2) is 5.41 Å². The first-order chi connectivity index (χ1) is 12.5. The molecule has 2 atom stereocenters. The molecule has 7 heteroatoms. The summed E-state index contributed by atoms with van der Waals surface area (Å²) in [7, 11) is 3.80. The van der Waals surface area contributed by atoms with Crippen molar-refractivity contribution in [1.29, 1.82) is 0 Å². The van der Waals surface area contributed by atoms with Crippen molar-refractivity contribution in [1.82, 2.24) is 4.90 Å². The Morgan fingerprint density at radius 2 is 1.54 bits per heavy atom. The van der Waals surface area contributed by atoms with E-state index in [9.17, 15) is 14.4 Å². The fourth-order valence-electron chi connectivity index (χ4n) is 4.79. The summed E-state index contributed by atoms with van der Waals surface area (Å²) < 4.78 is 15.2. The third-order valence-electron chi connectivity index (χ3n) is 5.73. The zero-order valence-corrected chi connectivity index (χ0v) is 15.2. The molecule has 1 aromatic rings. The normalized spacial score (nSPS) is 26.8. The van der Waals surface area contributed by atoms with Crippen LogP contribution in [0.25, 0.3) is 0 Å². The molecular formula is C19H23NO6. The second-order valence-corrected chi connectivity index (χ2v) is 6.74. The molecule has 2 fully saturated rings. The van der Waals surface area contributed by atoms with Gasteiger partial charge in [-0.1, -0.05) is 30.3 Å². The molecule has 0 saturated carbocycles. The quantitative estimate of drug-likeness (QED) is 0.452. The predicted molar refractivity (Wildman–Crippen MR) is 91.2 cm³/mol. The second-order valence-electron chi connectivity index (χ2n) is 6.74. The second kappa shape index (κ2) is 6.72. The van der Waals surface area contributed by atoms with E-state index in [1.807, 2.05) is 35.2 Å². The van der Waals surface area contributed by atoms with Crippen LogP contribution in [0.1, 0.15) is 24.3 Å². The largest absolute Gasteiger partial charge is 0.468 e. The van der Waals surface area contributed by atoms with Crippen LogP contribution in [0.15, 0.2) is 30.3 Å². The Balaban J connectivity index is 2.30. The number of carbonyl (C=O) groups is 3. The lowest BCUT2D eigenvalue weighted by Crippen LogP contribution is -2.53. The van der Waals surface area contributed by atoms with E-state index in [0.717, 1.165) is 6.42 Å². The molecule has 140 valence electrons. The SMILES string of the molecule is COC(=O)C1(C(=O)OC)CN2CCC[C@]2(C(=O)OC)[C@H]1c1ccccc1. The average Bonchev–Trinajstić information content (AvgIpc) is 3.21. The number of hydrogen-bond donors (Lipinski definition) is 0. The minimum Gasteiger partial charge on any atom is -0.468 e. The van der Waals surface area contributed by atoms with Gasteiger partial charge in [0.2, 0.25) is 0 Å². The molecule has 0 unspecified atom stereocenters. The maximum Gasteiger partial charge on any atom is 0.326 e. The van der Waals surface area contributed by atoms with Crippen molar-refractivity contribution in [2.45, 2.75) is 24.3 Å². The average molecular weight is 361 g/mol. The molecule has 0 spiro atoms. The zero-order valence-electron chi connectivity index (χ0n) is 15.2. The molecule has 0 aromatic heterocycles. The van der Waals surface area contributed by atoms with Crippen LogP contribution >= 0.6 is 0 Å². The maximum atomic E-state index is 12.9. The molecule has 0 amide bonds. The molecule has 7 nitrogen and oxygen atoms in total. The number of hydrogen-bond acceptors (Lipinski definition) is 7. The number of carbonyl (C=O) groups excluding carboxylic acids is 3. The monoisotopic (exact) mass is 361 g/mol. The minimum atomic E-state index is -1.63. The highest BCUT2D eigenvalue weighted by Crippen LogP contribution is 2.58. The van der Waals surface area contributed by atoms with Gasteiger partial charge in [-0.3, -0.25) is 19.3 Å². The van der Waals surface area contributed by atoms with Crippen molar-refractivity contribution in [3.8, 4) is 0 Å². The summed E-state index contributed by atoms with van der Waals surface area (Å²) in [5.41, 5.74) is -2.02. The molecule has 2 aliphatic heterocycles. The highest BCUT2D eigenvalue weighted by molar-refractivity contribution is 6.04. The van der Waals surface area contributed by atoms with E-state index in [0.29, 0.717) is 18.5 Å². The van der Waals surface area contributed by atoms with E-state index in [2.05, 4.69) is 0 Å². The van der Waals surface area contributed by atoms with E-state index in [1.54, 1.807) is 0 Å². The van der Waals surface area contributed by atoms with Crippen molar-refractivity contribution in [2.24, 2.45) is 5.41 Å². The molecule has 0 aliphatic carbocycles. The Bertz CT molecular complexity index is 702. The highest BCUT2D eigenvalue weighted by atomic mass is 16.5. The van der Waals surface area contributed by atoms with E-state index < -0.39 is 34.8 Å². The third-order valence-corrected chi connectivity index (χ3v) is 5.73. The van der Waals surface area contributed by atoms with E-state index in [-0.39, 0.29) is 6.54 Å². The van der Waals surface area contributed by atoms with Crippen LogP contribution in [0, 0.1) is 5.41 Å². The summed E-state index contributed by atoms with van der Waals surface area (Å²) in [5.74, 6) is -2.60. The van der Waals surface area contributed by atoms with Crippen LogP contribution in [0.3, 0.4) is 0 Å². The third kappa shape index (κ3) is 2.26. The van der Waals surface area contributed by atoms with Gasteiger partial charge < -0.3 is 14.2 Å². The van der Waals surface area contributed by atoms with E-state index >= 15 is 0 Å². The molecule has 3 rings (SSSR count). The molecule has 0 bridgehead atoms. The number of ether oxygens (including phenoxy) is 3. The molecule has 2 aliphatic rings. The first-order valence-corrected chi connectivity index (χ1v) is 8.54. The summed E-state index contributed by atoms with van der Waals surface area (Å²) in [4.78, 5) is 40.6. The zero-order chi connectivity index (χ0) is 18.9. The van der Waals surface area contributed by atoms with Gasteiger partial charge in [-0.05, 0) is 24.9 Å². The Labute approximate surface area is 152 Å². The number of nitrogens with zero attached hydrogens (tertiary/aromatic N) is 1. The van der Waals surface area contributed by atoms with Crippen LogP contribution < -0.4 is 0 Å². The minimum absolute atomic E-state index is 0.0566. The van der Waals surface area contributed by atoms with Gasteiger partial charge in [-0.25, -0.2) is 0 Å². The molecule has 2 saturated heterocycles. The summed E-state index contributed by atoms with van der Waals surface area (Å²) in [6.07, 6.45) is 1.27. The fourth-order valence-corrected chi connectivity index (χ4v) is 4.79. The Hall–Kier alpha value is -2.41. The predicted octanol–water partition coefficient (Wildman–Crippen LogP) is 1.12. The van der Waals surface area contributed by atoms with Gasteiger partial charge in [0.1, 0.15) is 5.54 Å². The van der Waals surface area contributed by atoms with Crippen LogP contribution in [0.5, 0.6) is 0 Å². The Kier molecular flexibility index (Phi) is 4.75. The van der Waals surface area contributed by atoms with E-state index in [1.165, 1.54) is 21.3 Å². The summed E-state index contributed by atoms with van der Waals surface area (Å²) in [6, 6.07) is 9.11. The van der Waals surface area contributed by atoms with Gasteiger partial charge in [-0.15, -0.1) is 0 Å². The lowest BCUT2D eigenvalue weighted by Gasteiger charge is -2.37. The van der Waals surface area contributed by atoms with Crippen molar-refractivity contribution < 1.29 is 28.6 Å². The van der Waals surface area contributed by atoms with Crippen LogP contribution in [-0.4, -0.2) is 62.8 Å². The van der Waals surface area contributed by atoms with Crippen LogP contribution in [-0.2, 0) is 28.6 Å². The van der Waals surface area contributed by atoms with Crippen molar-refractivity contribution in [3.63, 3.8) is 0 Å². The topological polar surface area (TPSA) is 82.1 Å². The lowest BCUT2D eigenvalue weighted by atomic mass is 9.65. The standard InChI is InChI=1S/C19H23NO6/c1-24-15(21)18(16(22)25-2)12-20-11-7-10-19(20,17(23)26-3)14(18)13-8-5-4-6-9-13/h4-6,8-9,14H,7,10-12H2,1-3H3/t14-,19+/m0/s1. The van der Waals surface area contributed by atoms with Gasteiger partial charge in [-0.2, -0.15) is 0 Å². The summed E-state index contributed by atoms with van der Waals surface area (Å²) in [6.45, 7) is 0.648. The molecule has 26 heavy (non-hydrogen) atoms. The summed E-state index contributed by atoms with van der Waals surface area (Å²) >= 11 is 0. The first kappa shape index (κ1) is 18.4. The summed E-state index contributed by atoms with van der Waals surface area (Å²) in [5, 5.41) is 0. The van der Waals surface area contributed by atoms with Crippen LogP contribution in [0.2, 0.25) is 0 Å². The van der Waals surface area contributed by atoms with Gasteiger partial charge >= 0.3 is 17.9 Å². The maximum absolute atomic E-state index is 12.9.